The number of rotatable bonds is 8. The van der Waals surface area contributed by atoms with E-state index in [9.17, 15) is 4.79 Å². The summed E-state index contributed by atoms with van der Waals surface area (Å²) in [6.07, 6.45) is 6.61. The Balaban J connectivity index is 2.30. The molecule has 112 valence electrons. The molecule has 0 aromatic heterocycles. The van der Waals surface area contributed by atoms with Crippen LogP contribution in [0.2, 0.25) is 0 Å². The van der Waals surface area contributed by atoms with E-state index in [1.54, 1.807) is 0 Å². The highest BCUT2D eigenvalue weighted by molar-refractivity contribution is 5.81. The molecule has 1 saturated heterocycles. The minimum atomic E-state index is -0.0388. The molecule has 1 aliphatic rings. The number of nitrogens with zero attached hydrogens (tertiary/aromatic N) is 1. The second-order valence-electron chi connectivity index (χ2n) is 5.69. The molecule has 4 nitrogen and oxygen atoms in total. The van der Waals surface area contributed by atoms with Gasteiger partial charge in [0.1, 0.15) is 0 Å². The van der Waals surface area contributed by atoms with Gasteiger partial charge in [-0.1, -0.05) is 19.8 Å². The monoisotopic (exact) mass is 270 g/mol. The minimum absolute atomic E-state index is 0.0388. The fourth-order valence-electron chi connectivity index (χ4n) is 2.77. The van der Waals surface area contributed by atoms with Crippen molar-refractivity contribution in [2.75, 3.05) is 26.2 Å². The summed E-state index contributed by atoms with van der Waals surface area (Å²) in [5.74, 6) is 0.704. The van der Waals surface area contributed by atoms with Gasteiger partial charge in [-0.2, -0.15) is 0 Å². The maximum Gasteiger partial charge on any atom is 0.237 e. The molecule has 0 aromatic rings. The summed E-state index contributed by atoms with van der Waals surface area (Å²) >= 11 is 0. The standard InChI is InChI=1S/C15H30N2O2/c1-3-4-5-9-16-15(19)13(2)17-10-6-7-14(12-17)8-11-18/h13-14,18H,3-12H2,1-2H3,(H,16,19). The van der Waals surface area contributed by atoms with Crippen LogP contribution >= 0.6 is 0 Å². The Morgan fingerprint density at radius 3 is 2.95 bits per heavy atom. The van der Waals surface area contributed by atoms with Crippen molar-refractivity contribution < 1.29 is 9.90 Å². The number of hydrogen-bond acceptors (Lipinski definition) is 3. The SMILES string of the molecule is CCCCCNC(=O)C(C)N1CCCC(CCO)C1. The first-order valence-corrected chi connectivity index (χ1v) is 7.81. The summed E-state index contributed by atoms with van der Waals surface area (Å²) in [4.78, 5) is 14.3. The van der Waals surface area contributed by atoms with E-state index in [2.05, 4.69) is 17.1 Å². The average Bonchev–Trinajstić information content (AvgIpc) is 2.43. The van der Waals surface area contributed by atoms with Gasteiger partial charge in [0.2, 0.25) is 5.91 Å². The van der Waals surface area contributed by atoms with E-state index >= 15 is 0 Å². The Bertz CT molecular complexity index is 257. The zero-order valence-electron chi connectivity index (χ0n) is 12.5. The van der Waals surface area contributed by atoms with Gasteiger partial charge in [0.15, 0.2) is 0 Å². The van der Waals surface area contributed by atoms with Crippen molar-refractivity contribution in [1.82, 2.24) is 10.2 Å². The van der Waals surface area contributed by atoms with Crippen molar-refractivity contribution in [3.63, 3.8) is 0 Å². The molecule has 0 aliphatic carbocycles. The molecule has 0 radical (unpaired) electrons. The highest BCUT2D eigenvalue weighted by Gasteiger charge is 2.26. The maximum absolute atomic E-state index is 12.1. The predicted octanol–water partition coefficient (Wildman–Crippen LogP) is 1.78. The Labute approximate surface area is 117 Å². The van der Waals surface area contributed by atoms with Crippen molar-refractivity contribution in [1.29, 1.82) is 0 Å². The summed E-state index contributed by atoms with van der Waals surface area (Å²) < 4.78 is 0. The first-order valence-electron chi connectivity index (χ1n) is 7.81. The highest BCUT2D eigenvalue weighted by Crippen LogP contribution is 2.20. The highest BCUT2D eigenvalue weighted by atomic mass is 16.3. The topological polar surface area (TPSA) is 52.6 Å². The Morgan fingerprint density at radius 1 is 1.47 bits per heavy atom. The number of hydrogen-bond donors (Lipinski definition) is 2. The largest absolute Gasteiger partial charge is 0.396 e. The van der Waals surface area contributed by atoms with Crippen molar-refractivity contribution >= 4 is 5.91 Å². The molecular weight excluding hydrogens is 240 g/mol. The molecule has 0 bridgehead atoms. The summed E-state index contributed by atoms with van der Waals surface area (Å²) in [6.45, 7) is 7.17. The van der Waals surface area contributed by atoms with E-state index in [0.29, 0.717) is 5.92 Å². The van der Waals surface area contributed by atoms with Gasteiger partial charge in [-0.15, -0.1) is 0 Å². The van der Waals surface area contributed by atoms with E-state index in [-0.39, 0.29) is 18.6 Å². The molecule has 2 N–H and O–H groups in total. The van der Waals surface area contributed by atoms with Crippen LogP contribution in [0.4, 0.5) is 0 Å². The van der Waals surface area contributed by atoms with E-state index < -0.39 is 0 Å². The molecule has 1 heterocycles. The lowest BCUT2D eigenvalue weighted by molar-refractivity contribution is -0.126. The molecule has 1 fully saturated rings. The lowest BCUT2D eigenvalue weighted by atomic mass is 9.94. The fourth-order valence-corrected chi connectivity index (χ4v) is 2.77. The third kappa shape index (κ3) is 5.91. The first-order chi connectivity index (χ1) is 9.19. The molecule has 4 heteroatoms. The zero-order valence-corrected chi connectivity index (χ0v) is 12.5. The van der Waals surface area contributed by atoms with Crippen molar-refractivity contribution in [3.05, 3.63) is 0 Å². The van der Waals surface area contributed by atoms with Crippen LogP contribution in [0.5, 0.6) is 0 Å². The van der Waals surface area contributed by atoms with Crippen LogP contribution in [0.25, 0.3) is 0 Å². The third-order valence-corrected chi connectivity index (χ3v) is 4.09. The van der Waals surface area contributed by atoms with Gasteiger partial charge < -0.3 is 10.4 Å². The molecule has 0 spiro atoms. The van der Waals surface area contributed by atoms with E-state index in [1.165, 1.54) is 19.3 Å². The van der Waals surface area contributed by atoms with Crippen LogP contribution in [0.1, 0.15) is 52.4 Å². The molecule has 1 amide bonds. The number of unbranched alkanes of at least 4 members (excludes halogenated alkanes) is 2. The Morgan fingerprint density at radius 2 is 2.26 bits per heavy atom. The minimum Gasteiger partial charge on any atom is -0.396 e. The van der Waals surface area contributed by atoms with Gasteiger partial charge in [-0.3, -0.25) is 9.69 Å². The van der Waals surface area contributed by atoms with Crippen LogP contribution in [-0.2, 0) is 4.79 Å². The molecule has 0 aromatic carbocycles. The van der Waals surface area contributed by atoms with Crippen LogP contribution in [-0.4, -0.2) is 48.2 Å². The summed E-state index contributed by atoms with van der Waals surface area (Å²) in [6, 6.07) is -0.0388. The van der Waals surface area contributed by atoms with Crippen molar-refractivity contribution in [2.45, 2.75) is 58.4 Å². The molecule has 2 unspecified atom stereocenters. The number of aliphatic hydroxyl groups excluding tert-OH is 1. The fraction of sp³-hybridized carbons (Fsp3) is 0.933. The Kier molecular flexibility index (Phi) is 8.07. The van der Waals surface area contributed by atoms with Gasteiger partial charge in [0.05, 0.1) is 6.04 Å². The van der Waals surface area contributed by atoms with Crippen molar-refractivity contribution in [2.24, 2.45) is 5.92 Å². The number of amides is 1. The van der Waals surface area contributed by atoms with Crippen molar-refractivity contribution in [3.8, 4) is 0 Å². The number of likely N-dealkylation sites (tertiary alicyclic amines) is 1. The molecule has 19 heavy (non-hydrogen) atoms. The zero-order chi connectivity index (χ0) is 14.1. The lowest BCUT2D eigenvalue weighted by Gasteiger charge is -2.36. The number of carbonyl (C=O) groups is 1. The molecule has 1 rings (SSSR count). The van der Waals surface area contributed by atoms with Gasteiger partial charge in [-0.25, -0.2) is 0 Å². The van der Waals surface area contributed by atoms with Gasteiger partial charge >= 0.3 is 0 Å². The summed E-state index contributed by atoms with van der Waals surface area (Å²) in [5.41, 5.74) is 0. The molecule has 1 aliphatic heterocycles. The second-order valence-corrected chi connectivity index (χ2v) is 5.69. The van der Waals surface area contributed by atoms with Gasteiger partial charge in [0, 0.05) is 19.7 Å². The summed E-state index contributed by atoms with van der Waals surface area (Å²) in [7, 11) is 0. The third-order valence-electron chi connectivity index (χ3n) is 4.09. The second kappa shape index (κ2) is 9.32. The van der Waals surface area contributed by atoms with Gasteiger partial charge in [0.25, 0.3) is 0 Å². The van der Waals surface area contributed by atoms with E-state index in [0.717, 1.165) is 38.9 Å². The first kappa shape index (κ1) is 16.4. The van der Waals surface area contributed by atoms with Crippen LogP contribution in [0, 0.1) is 5.92 Å². The lowest BCUT2D eigenvalue weighted by Crippen LogP contribution is -2.49. The molecule has 2 atom stereocenters. The maximum atomic E-state index is 12.1. The number of piperidine rings is 1. The van der Waals surface area contributed by atoms with Crippen LogP contribution in [0.15, 0.2) is 0 Å². The quantitative estimate of drug-likeness (QED) is 0.661. The van der Waals surface area contributed by atoms with E-state index in [4.69, 9.17) is 5.11 Å². The summed E-state index contributed by atoms with van der Waals surface area (Å²) in [5, 5.41) is 12.1. The Hall–Kier alpha value is -0.610. The number of aliphatic hydroxyl groups is 1. The van der Waals surface area contributed by atoms with Crippen LogP contribution in [0.3, 0.4) is 0 Å². The number of carbonyl (C=O) groups excluding carboxylic acids is 1. The van der Waals surface area contributed by atoms with E-state index in [1.807, 2.05) is 6.92 Å². The smallest absolute Gasteiger partial charge is 0.237 e. The average molecular weight is 270 g/mol. The molecular formula is C15H30N2O2. The van der Waals surface area contributed by atoms with Gasteiger partial charge in [-0.05, 0) is 45.1 Å². The predicted molar refractivity (Wildman–Crippen MR) is 78.0 cm³/mol. The van der Waals surface area contributed by atoms with Crippen LogP contribution < -0.4 is 5.32 Å². The number of nitrogens with one attached hydrogen (secondary N) is 1. The molecule has 0 saturated carbocycles. The normalized spacial score (nSPS) is 22.2.